The molecule has 0 N–H and O–H groups in total. The van der Waals surface area contributed by atoms with Crippen LogP contribution >= 0.6 is 34.5 Å². The third-order valence-corrected chi connectivity index (χ3v) is 4.28. The van der Waals surface area contributed by atoms with E-state index in [1.54, 1.807) is 18.4 Å². The van der Waals surface area contributed by atoms with Gasteiger partial charge in [-0.25, -0.2) is 0 Å². The summed E-state index contributed by atoms with van der Waals surface area (Å²) in [6, 6.07) is 9.56. The second kappa shape index (κ2) is 5.09. The van der Waals surface area contributed by atoms with Gasteiger partial charge in [0.2, 0.25) is 0 Å². The van der Waals surface area contributed by atoms with Crippen LogP contribution in [-0.4, -0.2) is 7.11 Å². The van der Waals surface area contributed by atoms with Crippen LogP contribution in [0.1, 0.15) is 15.8 Å². The van der Waals surface area contributed by atoms with E-state index in [0.29, 0.717) is 5.02 Å². The van der Waals surface area contributed by atoms with Crippen molar-refractivity contribution in [1.82, 2.24) is 0 Å². The van der Waals surface area contributed by atoms with Gasteiger partial charge in [-0.2, -0.15) is 0 Å². The largest absolute Gasteiger partial charge is 0.497 e. The number of thiophene rings is 1. The number of hydrogen-bond acceptors (Lipinski definition) is 2. The van der Waals surface area contributed by atoms with Crippen molar-refractivity contribution in [3.8, 4) is 5.75 Å². The summed E-state index contributed by atoms with van der Waals surface area (Å²) in [5.74, 6) is 0.802. The normalized spacial score (nSPS) is 12.4. The average Bonchev–Trinajstić information content (AvgIpc) is 2.74. The second-order valence-corrected chi connectivity index (χ2v) is 5.06. The van der Waals surface area contributed by atoms with Crippen molar-refractivity contribution >= 4 is 34.5 Å². The van der Waals surface area contributed by atoms with E-state index in [0.717, 1.165) is 16.2 Å². The number of hydrogen-bond donors (Lipinski definition) is 0. The van der Waals surface area contributed by atoms with Crippen molar-refractivity contribution in [3.63, 3.8) is 0 Å². The summed E-state index contributed by atoms with van der Waals surface area (Å²) >= 11 is 14.0. The number of ether oxygens (including phenoxy) is 1. The number of halogens is 2. The molecule has 1 atom stereocenters. The maximum absolute atomic E-state index is 6.38. The molecule has 0 aliphatic heterocycles. The number of alkyl halides is 1. The maximum Gasteiger partial charge on any atom is 0.119 e. The molecule has 0 spiro atoms. The highest BCUT2D eigenvalue weighted by molar-refractivity contribution is 7.11. The van der Waals surface area contributed by atoms with Gasteiger partial charge in [-0.15, -0.1) is 22.9 Å². The Morgan fingerprint density at radius 3 is 2.75 bits per heavy atom. The molecule has 0 fully saturated rings. The Hall–Kier alpha value is -0.700. The van der Waals surface area contributed by atoms with Crippen molar-refractivity contribution in [2.75, 3.05) is 7.11 Å². The standard InChI is InChI=1S/C12H10Cl2OS/c1-15-9-4-2-3-8(7-9)11(14)12-10(13)5-6-16-12/h2-7,11H,1H3. The molecule has 0 aliphatic carbocycles. The summed E-state index contributed by atoms with van der Waals surface area (Å²) in [5, 5.41) is 2.43. The van der Waals surface area contributed by atoms with E-state index < -0.39 is 0 Å². The topological polar surface area (TPSA) is 9.23 Å². The first-order chi connectivity index (χ1) is 7.72. The van der Waals surface area contributed by atoms with Gasteiger partial charge in [0.25, 0.3) is 0 Å². The van der Waals surface area contributed by atoms with Crippen LogP contribution in [0.2, 0.25) is 5.02 Å². The Kier molecular flexibility index (Phi) is 3.74. The number of methoxy groups -OCH3 is 1. The SMILES string of the molecule is COc1cccc(C(Cl)c2sccc2Cl)c1. The molecule has 0 radical (unpaired) electrons. The van der Waals surface area contributed by atoms with E-state index in [1.165, 1.54) is 0 Å². The first kappa shape index (κ1) is 11.8. The molecule has 1 aromatic carbocycles. The Balaban J connectivity index is 2.33. The van der Waals surface area contributed by atoms with Gasteiger partial charge in [0, 0.05) is 4.88 Å². The first-order valence-corrected chi connectivity index (χ1v) is 6.42. The highest BCUT2D eigenvalue weighted by Crippen LogP contribution is 2.38. The van der Waals surface area contributed by atoms with E-state index in [9.17, 15) is 0 Å². The summed E-state index contributed by atoms with van der Waals surface area (Å²) < 4.78 is 5.16. The molecule has 1 nitrogen and oxygen atoms in total. The smallest absolute Gasteiger partial charge is 0.119 e. The molecule has 0 saturated heterocycles. The molecule has 1 heterocycles. The van der Waals surface area contributed by atoms with Crippen LogP contribution in [-0.2, 0) is 0 Å². The summed E-state index contributed by atoms with van der Waals surface area (Å²) in [6.07, 6.45) is 0. The summed E-state index contributed by atoms with van der Waals surface area (Å²) in [6.45, 7) is 0. The van der Waals surface area contributed by atoms with Crippen LogP contribution in [0.4, 0.5) is 0 Å². The van der Waals surface area contributed by atoms with Gasteiger partial charge < -0.3 is 4.74 Å². The molecular weight excluding hydrogens is 263 g/mol. The lowest BCUT2D eigenvalue weighted by Crippen LogP contribution is -1.92. The van der Waals surface area contributed by atoms with E-state index in [1.807, 2.05) is 35.7 Å². The lowest BCUT2D eigenvalue weighted by Gasteiger charge is -2.10. The van der Waals surface area contributed by atoms with Crippen molar-refractivity contribution in [2.45, 2.75) is 5.38 Å². The molecule has 4 heteroatoms. The third kappa shape index (κ3) is 2.34. The monoisotopic (exact) mass is 272 g/mol. The zero-order valence-electron chi connectivity index (χ0n) is 8.61. The minimum absolute atomic E-state index is 0.220. The zero-order valence-corrected chi connectivity index (χ0v) is 10.9. The lowest BCUT2D eigenvalue weighted by atomic mass is 10.1. The summed E-state index contributed by atoms with van der Waals surface area (Å²) in [4.78, 5) is 0.969. The predicted octanol–water partition coefficient (Wildman–Crippen LogP) is 4.74. The molecule has 0 bridgehead atoms. The van der Waals surface area contributed by atoms with Crippen LogP contribution < -0.4 is 4.74 Å². The molecule has 16 heavy (non-hydrogen) atoms. The first-order valence-electron chi connectivity index (χ1n) is 4.73. The molecule has 2 aromatic rings. The highest BCUT2D eigenvalue weighted by atomic mass is 35.5. The van der Waals surface area contributed by atoms with E-state index in [-0.39, 0.29) is 5.38 Å². The Bertz CT molecular complexity index is 481. The quantitative estimate of drug-likeness (QED) is 0.734. The van der Waals surface area contributed by atoms with Crippen molar-refractivity contribution in [1.29, 1.82) is 0 Å². The van der Waals surface area contributed by atoms with Gasteiger partial charge in [-0.3, -0.25) is 0 Å². The van der Waals surface area contributed by atoms with Crippen LogP contribution in [0.3, 0.4) is 0 Å². The molecule has 0 saturated carbocycles. The number of rotatable bonds is 3. The summed E-state index contributed by atoms with van der Waals surface area (Å²) in [7, 11) is 1.64. The van der Waals surface area contributed by atoms with E-state index in [4.69, 9.17) is 27.9 Å². The van der Waals surface area contributed by atoms with Crippen LogP contribution in [0, 0.1) is 0 Å². The van der Waals surface area contributed by atoms with E-state index in [2.05, 4.69) is 0 Å². The van der Waals surface area contributed by atoms with Crippen LogP contribution in [0.15, 0.2) is 35.7 Å². The third-order valence-electron chi connectivity index (χ3n) is 2.26. The molecule has 1 aromatic heterocycles. The molecule has 2 rings (SSSR count). The van der Waals surface area contributed by atoms with Crippen LogP contribution in [0.5, 0.6) is 5.75 Å². The van der Waals surface area contributed by atoms with E-state index >= 15 is 0 Å². The second-order valence-electron chi connectivity index (χ2n) is 3.27. The minimum atomic E-state index is -0.220. The molecule has 0 amide bonds. The van der Waals surface area contributed by atoms with Gasteiger partial charge in [0.05, 0.1) is 17.5 Å². The fourth-order valence-electron chi connectivity index (χ4n) is 1.44. The van der Waals surface area contributed by atoms with Gasteiger partial charge in [0.1, 0.15) is 5.75 Å². The zero-order chi connectivity index (χ0) is 11.5. The molecule has 84 valence electrons. The van der Waals surface area contributed by atoms with Crippen molar-refractivity contribution in [3.05, 3.63) is 51.2 Å². The predicted molar refractivity (Wildman–Crippen MR) is 70.0 cm³/mol. The Morgan fingerprint density at radius 1 is 1.31 bits per heavy atom. The lowest BCUT2D eigenvalue weighted by molar-refractivity contribution is 0.414. The summed E-state index contributed by atoms with van der Waals surface area (Å²) in [5.41, 5.74) is 0.991. The Morgan fingerprint density at radius 2 is 2.12 bits per heavy atom. The molecule has 1 unspecified atom stereocenters. The average molecular weight is 273 g/mol. The number of benzene rings is 1. The van der Waals surface area contributed by atoms with Crippen molar-refractivity contribution in [2.24, 2.45) is 0 Å². The maximum atomic E-state index is 6.38. The van der Waals surface area contributed by atoms with Gasteiger partial charge in [0.15, 0.2) is 0 Å². The minimum Gasteiger partial charge on any atom is -0.497 e. The van der Waals surface area contributed by atoms with Gasteiger partial charge in [-0.05, 0) is 29.1 Å². The highest BCUT2D eigenvalue weighted by Gasteiger charge is 2.15. The fraction of sp³-hybridized carbons (Fsp3) is 0.167. The van der Waals surface area contributed by atoms with Gasteiger partial charge >= 0.3 is 0 Å². The van der Waals surface area contributed by atoms with Crippen LogP contribution in [0.25, 0.3) is 0 Å². The fourth-order valence-corrected chi connectivity index (χ4v) is 3.07. The van der Waals surface area contributed by atoms with Gasteiger partial charge in [-0.1, -0.05) is 23.7 Å². The Labute approximate surface area is 109 Å². The molecular formula is C12H10Cl2OS. The van der Waals surface area contributed by atoms with Crippen molar-refractivity contribution < 1.29 is 4.74 Å². The molecule has 0 aliphatic rings.